The molecule has 1 heterocycles. The third kappa shape index (κ3) is 4.33. The maximum Gasteiger partial charge on any atom is 0.104 e. The van der Waals surface area contributed by atoms with Gasteiger partial charge in [0.15, 0.2) is 0 Å². The number of nitriles is 1. The Kier molecular flexibility index (Phi) is 6.08. The van der Waals surface area contributed by atoms with Crippen LogP contribution in [0.15, 0.2) is 42.5 Å². The van der Waals surface area contributed by atoms with Crippen molar-refractivity contribution in [1.82, 2.24) is 0 Å². The normalized spacial score (nSPS) is 15.8. The minimum Gasteiger partial charge on any atom is -0.384 e. The van der Waals surface area contributed by atoms with Gasteiger partial charge in [-0.1, -0.05) is 41.9 Å². The van der Waals surface area contributed by atoms with Crippen molar-refractivity contribution in [3.63, 3.8) is 0 Å². The minimum absolute atomic E-state index is 0.0408. The maximum absolute atomic E-state index is 9.24. The summed E-state index contributed by atoms with van der Waals surface area (Å²) >= 11 is 0. The number of hydrogen-bond acceptors (Lipinski definition) is 3. The zero-order valence-electron chi connectivity index (χ0n) is 14.5. The molecule has 0 aromatic heterocycles. The van der Waals surface area contributed by atoms with Crippen molar-refractivity contribution in [3.05, 3.63) is 70.3 Å². The Labute approximate surface area is 154 Å². The highest BCUT2D eigenvalue weighted by molar-refractivity contribution is 5.54. The van der Waals surface area contributed by atoms with Gasteiger partial charge in [-0.15, -0.1) is 0 Å². The summed E-state index contributed by atoms with van der Waals surface area (Å²) in [6.45, 7) is 0.588. The molecule has 2 aromatic rings. The average molecular weight is 341 g/mol. The fourth-order valence-electron chi connectivity index (χ4n) is 2.97. The first-order valence-electron chi connectivity index (χ1n) is 8.68. The highest BCUT2D eigenvalue weighted by atomic mass is 16.5. The summed E-state index contributed by atoms with van der Waals surface area (Å²) in [5, 5.41) is 18.1. The molecule has 1 fully saturated rings. The Balaban J connectivity index is 2.02. The van der Waals surface area contributed by atoms with E-state index in [1.807, 2.05) is 36.4 Å². The van der Waals surface area contributed by atoms with Gasteiger partial charge in [-0.25, -0.2) is 0 Å². The molecular formula is C23H19NO2. The molecule has 0 aliphatic carbocycles. The van der Waals surface area contributed by atoms with E-state index >= 15 is 0 Å². The van der Waals surface area contributed by atoms with Crippen molar-refractivity contribution in [1.29, 1.82) is 5.26 Å². The first kappa shape index (κ1) is 17.8. The molecule has 128 valence electrons. The van der Waals surface area contributed by atoms with Gasteiger partial charge in [0.2, 0.25) is 0 Å². The van der Waals surface area contributed by atoms with Crippen LogP contribution in [0.2, 0.25) is 0 Å². The van der Waals surface area contributed by atoms with E-state index in [4.69, 9.17) is 9.84 Å². The van der Waals surface area contributed by atoms with Crippen molar-refractivity contribution in [3.8, 4) is 29.8 Å². The van der Waals surface area contributed by atoms with Gasteiger partial charge in [0.05, 0.1) is 11.7 Å². The molecule has 3 rings (SSSR count). The standard InChI is InChI=1S/C23H19NO2/c24-17-21-8-2-1-7-19(21)11-12-20-16-18(6-5-14-25)10-13-22(20)23-9-3-4-15-26-23/h1-2,7-8,10,13,16,23,25H,3-4,9,14-15H2. The van der Waals surface area contributed by atoms with Gasteiger partial charge in [-0.2, -0.15) is 5.26 Å². The lowest BCUT2D eigenvalue weighted by molar-refractivity contribution is 0.0148. The number of aliphatic hydroxyl groups is 1. The topological polar surface area (TPSA) is 53.2 Å². The summed E-state index contributed by atoms with van der Waals surface area (Å²) in [5.41, 5.74) is 3.98. The number of ether oxygens (including phenoxy) is 1. The second-order valence-corrected chi connectivity index (χ2v) is 6.02. The van der Waals surface area contributed by atoms with Gasteiger partial charge in [-0.05, 0) is 49.1 Å². The van der Waals surface area contributed by atoms with E-state index in [2.05, 4.69) is 29.8 Å². The van der Waals surface area contributed by atoms with Gasteiger partial charge >= 0.3 is 0 Å². The van der Waals surface area contributed by atoms with Crippen molar-refractivity contribution < 1.29 is 9.84 Å². The predicted molar refractivity (Wildman–Crippen MR) is 100 cm³/mol. The minimum atomic E-state index is -0.177. The van der Waals surface area contributed by atoms with Gasteiger partial charge in [0.1, 0.15) is 12.7 Å². The fraction of sp³-hybridized carbons (Fsp3) is 0.261. The number of hydrogen-bond donors (Lipinski definition) is 1. The Bertz CT molecular complexity index is 942. The van der Waals surface area contributed by atoms with Gasteiger partial charge < -0.3 is 9.84 Å². The fourth-order valence-corrected chi connectivity index (χ4v) is 2.97. The van der Waals surface area contributed by atoms with Crippen molar-refractivity contribution in [2.24, 2.45) is 0 Å². The largest absolute Gasteiger partial charge is 0.384 e. The van der Waals surface area contributed by atoms with E-state index in [1.54, 1.807) is 6.07 Å². The van der Waals surface area contributed by atoms with Crippen LogP contribution in [0.3, 0.4) is 0 Å². The lowest BCUT2D eigenvalue weighted by Crippen LogP contribution is -2.12. The van der Waals surface area contributed by atoms with E-state index in [-0.39, 0.29) is 12.7 Å². The van der Waals surface area contributed by atoms with Crippen molar-refractivity contribution in [2.75, 3.05) is 13.2 Å². The molecule has 1 saturated heterocycles. The smallest absolute Gasteiger partial charge is 0.104 e. The second-order valence-electron chi connectivity index (χ2n) is 6.02. The molecule has 0 bridgehead atoms. The summed E-state index contributed by atoms with van der Waals surface area (Å²) < 4.78 is 5.93. The predicted octanol–water partition coefficient (Wildman–Crippen LogP) is 3.54. The van der Waals surface area contributed by atoms with Crippen LogP contribution in [0.25, 0.3) is 0 Å². The third-order valence-electron chi connectivity index (χ3n) is 4.27. The molecule has 26 heavy (non-hydrogen) atoms. The van der Waals surface area contributed by atoms with Crippen LogP contribution in [0, 0.1) is 35.0 Å². The molecule has 1 aliphatic rings. The third-order valence-corrected chi connectivity index (χ3v) is 4.27. The lowest BCUT2D eigenvalue weighted by atomic mass is 9.95. The van der Waals surface area contributed by atoms with Gasteiger partial charge in [0.25, 0.3) is 0 Å². The summed E-state index contributed by atoms with van der Waals surface area (Å²) in [5.74, 6) is 11.9. The molecule has 1 N–H and O–H groups in total. The van der Waals surface area contributed by atoms with E-state index < -0.39 is 0 Å². The van der Waals surface area contributed by atoms with Crippen LogP contribution in [-0.4, -0.2) is 18.3 Å². The molecule has 0 saturated carbocycles. The van der Waals surface area contributed by atoms with Crippen LogP contribution in [0.4, 0.5) is 0 Å². The van der Waals surface area contributed by atoms with Crippen LogP contribution >= 0.6 is 0 Å². The zero-order valence-corrected chi connectivity index (χ0v) is 14.5. The lowest BCUT2D eigenvalue weighted by Gasteiger charge is -2.24. The van der Waals surface area contributed by atoms with Crippen molar-refractivity contribution >= 4 is 0 Å². The first-order valence-corrected chi connectivity index (χ1v) is 8.68. The highest BCUT2D eigenvalue weighted by Gasteiger charge is 2.18. The number of rotatable bonds is 1. The van der Waals surface area contributed by atoms with E-state index in [0.717, 1.165) is 42.6 Å². The molecule has 1 aliphatic heterocycles. The zero-order chi connectivity index (χ0) is 18.2. The van der Waals surface area contributed by atoms with Gasteiger partial charge in [-0.3, -0.25) is 0 Å². The van der Waals surface area contributed by atoms with E-state index in [1.165, 1.54) is 0 Å². The first-order chi connectivity index (χ1) is 12.8. The summed E-state index contributed by atoms with van der Waals surface area (Å²) in [6.07, 6.45) is 3.25. The van der Waals surface area contributed by atoms with Gasteiger partial charge in [0, 0.05) is 23.3 Å². The van der Waals surface area contributed by atoms with Crippen LogP contribution < -0.4 is 0 Å². The Morgan fingerprint density at radius 2 is 1.81 bits per heavy atom. The highest BCUT2D eigenvalue weighted by Crippen LogP contribution is 2.30. The molecule has 3 nitrogen and oxygen atoms in total. The molecule has 0 spiro atoms. The number of benzene rings is 2. The molecule has 0 amide bonds. The Hall–Kier alpha value is -3.03. The second kappa shape index (κ2) is 8.89. The van der Waals surface area contributed by atoms with Crippen LogP contribution in [-0.2, 0) is 4.74 Å². The Morgan fingerprint density at radius 3 is 2.54 bits per heavy atom. The molecular weight excluding hydrogens is 322 g/mol. The molecule has 3 heteroatoms. The number of aliphatic hydroxyl groups excluding tert-OH is 1. The quantitative estimate of drug-likeness (QED) is 0.807. The maximum atomic E-state index is 9.24. The summed E-state index contributed by atoms with van der Waals surface area (Å²) in [7, 11) is 0. The van der Waals surface area contributed by atoms with Crippen LogP contribution in [0.1, 0.15) is 53.2 Å². The molecule has 1 atom stereocenters. The number of nitrogens with zero attached hydrogens (tertiary/aromatic N) is 1. The monoisotopic (exact) mass is 341 g/mol. The van der Waals surface area contributed by atoms with E-state index in [0.29, 0.717) is 11.1 Å². The summed E-state index contributed by atoms with van der Waals surface area (Å²) in [6, 6.07) is 15.4. The molecule has 1 unspecified atom stereocenters. The molecule has 0 radical (unpaired) electrons. The van der Waals surface area contributed by atoms with Crippen LogP contribution in [0.5, 0.6) is 0 Å². The van der Waals surface area contributed by atoms with Crippen molar-refractivity contribution in [2.45, 2.75) is 25.4 Å². The Morgan fingerprint density at radius 1 is 1.00 bits per heavy atom. The van der Waals surface area contributed by atoms with E-state index in [9.17, 15) is 5.26 Å². The summed E-state index contributed by atoms with van der Waals surface area (Å²) in [4.78, 5) is 0. The SMILES string of the molecule is N#Cc1ccccc1C#Cc1cc(C#CCO)ccc1C1CCCCO1. The average Bonchev–Trinajstić information content (AvgIpc) is 2.71. The molecule has 2 aromatic carbocycles.